The molecule has 0 amide bonds. The fourth-order valence-corrected chi connectivity index (χ4v) is 2.13. The van der Waals surface area contributed by atoms with Gasteiger partial charge in [-0.2, -0.15) is 0 Å². The van der Waals surface area contributed by atoms with E-state index in [2.05, 4.69) is 34.6 Å². The van der Waals surface area contributed by atoms with Crippen LogP contribution in [-0.4, -0.2) is 16.6 Å². The van der Waals surface area contributed by atoms with Crippen molar-refractivity contribution in [3.05, 3.63) is 0 Å². The second-order valence-corrected chi connectivity index (χ2v) is 7.13. The van der Waals surface area contributed by atoms with Gasteiger partial charge < -0.3 is 10.8 Å². The number of aliphatic carboxylic acids is 1. The van der Waals surface area contributed by atoms with Gasteiger partial charge in [-0.1, -0.05) is 72.1 Å². The Balaban J connectivity index is 0. The molecule has 3 nitrogen and oxygen atoms in total. The first-order valence-electron chi connectivity index (χ1n) is 9.26. The van der Waals surface area contributed by atoms with E-state index < -0.39 is 5.97 Å². The van der Waals surface area contributed by atoms with Crippen LogP contribution >= 0.6 is 0 Å². The van der Waals surface area contributed by atoms with Gasteiger partial charge >= 0.3 is 5.97 Å². The highest BCUT2D eigenvalue weighted by Crippen LogP contribution is 2.20. The standard InChI is InChI=1S/C13H29N.C6H12O2/c1-5-6-7-8-9-10-11-12(2)13(3,4)14;1-2-3-4-5-6(7)8/h12H,5-11,14H2,1-4H3;2-5H2,1H3,(H,7,8). The summed E-state index contributed by atoms with van der Waals surface area (Å²) in [5, 5.41) is 8.14. The molecule has 0 bridgehead atoms. The summed E-state index contributed by atoms with van der Waals surface area (Å²) in [6.45, 7) is 10.9. The van der Waals surface area contributed by atoms with Crippen molar-refractivity contribution >= 4 is 5.97 Å². The number of nitrogens with two attached hydrogens (primary N) is 1. The zero-order chi connectivity index (χ0) is 17.4. The van der Waals surface area contributed by atoms with E-state index in [9.17, 15) is 4.79 Å². The molecule has 0 aromatic heterocycles. The first kappa shape index (κ1) is 23.7. The Morgan fingerprint density at radius 2 is 1.41 bits per heavy atom. The second kappa shape index (κ2) is 15.3. The fourth-order valence-electron chi connectivity index (χ4n) is 2.13. The highest BCUT2D eigenvalue weighted by Gasteiger charge is 2.19. The summed E-state index contributed by atoms with van der Waals surface area (Å²) < 4.78 is 0. The van der Waals surface area contributed by atoms with Gasteiger partial charge in [-0.05, 0) is 32.6 Å². The third-order valence-corrected chi connectivity index (χ3v) is 4.26. The molecule has 0 aromatic rings. The van der Waals surface area contributed by atoms with E-state index in [0.717, 1.165) is 19.3 Å². The second-order valence-electron chi connectivity index (χ2n) is 7.13. The lowest BCUT2D eigenvalue weighted by atomic mass is 9.86. The zero-order valence-electron chi connectivity index (χ0n) is 15.8. The molecule has 0 saturated heterocycles. The van der Waals surface area contributed by atoms with Crippen molar-refractivity contribution in [2.45, 2.75) is 111 Å². The lowest BCUT2D eigenvalue weighted by molar-refractivity contribution is -0.137. The van der Waals surface area contributed by atoms with Crippen LogP contribution in [0, 0.1) is 5.92 Å². The third-order valence-electron chi connectivity index (χ3n) is 4.26. The molecule has 0 aliphatic heterocycles. The van der Waals surface area contributed by atoms with E-state index in [1.54, 1.807) is 0 Å². The minimum absolute atomic E-state index is 0.00339. The molecule has 0 radical (unpaired) electrons. The average molecular weight is 316 g/mol. The molecule has 0 aromatic carbocycles. The van der Waals surface area contributed by atoms with Crippen LogP contribution in [0.15, 0.2) is 0 Å². The van der Waals surface area contributed by atoms with E-state index in [1.807, 2.05) is 0 Å². The van der Waals surface area contributed by atoms with Crippen LogP contribution in [0.4, 0.5) is 0 Å². The largest absolute Gasteiger partial charge is 0.481 e. The Kier molecular flexibility index (Phi) is 16.5. The molecule has 0 spiro atoms. The predicted molar refractivity (Wildman–Crippen MR) is 97.2 cm³/mol. The predicted octanol–water partition coefficient (Wildman–Crippen LogP) is 5.76. The van der Waals surface area contributed by atoms with Gasteiger partial charge in [-0.3, -0.25) is 4.79 Å². The van der Waals surface area contributed by atoms with Gasteiger partial charge in [0, 0.05) is 12.0 Å². The molecular weight excluding hydrogens is 274 g/mol. The Hall–Kier alpha value is -0.570. The maximum absolute atomic E-state index is 9.87. The Morgan fingerprint density at radius 3 is 1.86 bits per heavy atom. The van der Waals surface area contributed by atoms with Crippen molar-refractivity contribution in [2.75, 3.05) is 0 Å². The van der Waals surface area contributed by atoms with E-state index in [4.69, 9.17) is 10.8 Å². The summed E-state index contributed by atoms with van der Waals surface area (Å²) in [7, 11) is 0. The van der Waals surface area contributed by atoms with Crippen molar-refractivity contribution in [2.24, 2.45) is 11.7 Å². The van der Waals surface area contributed by atoms with Gasteiger partial charge in [0.2, 0.25) is 0 Å². The van der Waals surface area contributed by atoms with Crippen molar-refractivity contribution in [1.82, 2.24) is 0 Å². The molecular formula is C19H41NO2. The van der Waals surface area contributed by atoms with E-state index >= 15 is 0 Å². The van der Waals surface area contributed by atoms with Crippen LogP contribution in [0.5, 0.6) is 0 Å². The molecule has 3 heteroatoms. The van der Waals surface area contributed by atoms with Crippen molar-refractivity contribution in [1.29, 1.82) is 0 Å². The molecule has 0 aliphatic rings. The molecule has 0 saturated carbocycles. The topological polar surface area (TPSA) is 63.3 Å². The monoisotopic (exact) mass is 315 g/mol. The lowest BCUT2D eigenvalue weighted by Crippen LogP contribution is -2.39. The fraction of sp³-hybridized carbons (Fsp3) is 0.947. The number of carboxylic acid groups (broad SMARTS) is 1. The van der Waals surface area contributed by atoms with Crippen LogP contribution in [0.1, 0.15) is 105 Å². The normalized spacial score (nSPS) is 12.5. The van der Waals surface area contributed by atoms with Gasteiger partial charge in [0.25, 0.3) is 0 Å². The summed E-state index contributed by atoms with van der Waals surface area (Å²) in [5.41, 5.74) is 6.04. The molecule has 0 rings (SSSR count). The summed E-state index contributed by atoms with van der Waals surface area (Å²) in [4.78, 5) is 9.87. The van der Waals surface area contributed by atoms with Gasteiger partial charge in [0.1, 0.15) is 0 Å². The van der Waals surface area contributed by atoms with Crippen molar-refractivity contribution in [3.63, 3.8) is 0 Å². The number of unbranched alkanes of at least 4 members (excludes halogenated alkanes) is 7. The average Bonchev–Trinajstić information content (AvgIpc) is 2.42. The van der Waals surface area contributed by atoms with Crippen LogP contribution in [0.3, 0.4) is 0 Å². The van der Waals surface area contributed by atoms with Crippen LogP contribution in [0.2, 0.25) is 0 Å². The molecule has 0 heterocycles. The highest BCUT2D eigenvalue weighted by atomic mass is 16.4. The first-order valence-corrected chi connectivity index (χ1v) is 9.26. The number of hydrogen-bond acceptors (Lipinski definition) is 2. The number of carboxylic acids is 1. The van der Waals surface area contributed by atoms with Crippen LogP contribution in [0.25, 0.3) is 0 Å². The van der Waals surface area contributed by atoms with Crippen LogP contribution < -0.4 is 5.73 Å². The molecule has 0 aliphatic carbocycles. The van der Waals surface area contributed by atoms with E-state index in [1.165, 1.54) is 44.9 Å². The molecule has 22 heavy (non-hydrogen) atoms. The summed E-state index contributed by atoms with van der Waals surface area (Å²) in [6.07, 6.45) is 12.9. The Bertz CT molecular complexity index is 246. The molecule has 1 unspecified atom stereocenters. The van der Waals surface area contributed by atoms with E-state index in [0.29, 0.717) is 12.3 Å². The van der Waals surface area contributed by atoms with Gasteiger partial charge in [0.05, 0.1) is 0 Å². The number of rotatable bonds is 12. The van der Waals surface area contributed by atoms with E-state index in [-0.39, 0.29) is 5.54 Å². The van der Waals surface area contributed by atoms with Gasteiger partial charge in [-0.15, -0.1) is 0 Å². The zero-order valence-corrected chi connectivity index (χ0v) is 15.8. The molecule has 134 valence electrons. The van der Waals surface area contributed by atoms with Crippen molar-refractivity contribution in [3.8, 4) is 0 Å². The maximum Gasteiger partial charge on any atom is 0.303 e. The molecule has 0 fully saturated rings. The first-order chi connectivity index (χ1) is 10.3. The molecule has 3 N–H and O–H groups in total. The highest BCUT2D eigenvalue weighted by molar-refractivity contribution is 5.66. The summed E-state index contributed by atoms with van der Waals surface area (Å²) >= 11 is 0. The minimum atomic E-state index is -0.682. The smallest absolute Gasteiger partial charge is 0.303 e. The minimum Gasteiger partial charge on any atom is -0.481 e. The SMILES string of the molecule is CCCCCC(=O)O.CCCCCCCCC(C)C(C)(C)N. The Morgan fingerprint density at radius 1 is 0.955 bits per heavy atom. The van der Waals surface area contributed by atoms with Crippen LogP contribution in [-0.2, 0) is 4.79 Å². The quantitative estimate of drug-likeness (QED) is 0.450. The summed E-state index contributed by atoms with van der Waals surface area (Å²) in [6, 6.07) is 0. The van der Waals surface area contributed by atoms with Gasteiger partial charge in [0.15, 0.2) is 0 Å². The number of hydrogen-bond donors (Lipinski definition) is 2. The lowest BCUT2D eigenvalue weighted by Gasteiger charge is -2.27. The molecule has 1 atom stereocenters. The third kappa shape index (κ3) is 19.4. The van der Waals surface area contributed by atoms with Gasteiger partial charge in [-0.25, -0.2) is 0 Å². The number of carbonyl (C=O) groups is 1. The van der Waals surface area contributed by atoms with Crippen molar-refractivity contribution < 1.29 is 9.90 Å². The summed E-state index contributed by atoms with van der Waals surface area (Å²) in [5.74, 6) is -0.0351. The Labute approximate surface area is 139 Å². The maximum atomic E-state index is 9.87.